The van der Waals surface area contributed by atoms with Gasteiger partial charge in [0.1, 0.15) is 0 Å². The predicted molar refractivity (Wildman–Crippen MR) is 42.4 cm³/mol. The van der Waals surface area contributed by atoms with Crippen molar-refractivity contribution in [2.75, 3.05) is 0 Å². The van der Waals surface area contributed by atoms with Gasteiger partial charge >= 0.3 is 5.97 Å². The van der Waals surface area contributed by atoms with E-state index in [9.17, 15) is 4.79 Å². The molecule has 3 unspecified atom stereocenters. The number of rotatable bonds is 1. The molecule has 0 radical (unpaired) electrons. The maximum Gasteiger partial charge on any atom is 0.308 e. The highest BCUT2D eigenvalue weighted by molar-refractivity contribution is 5.70. The quantitative estimate of drug-likeness (QED) is 0.593. The van der Waals surface area contributed by atoms with E-state index >= 15 is 0 Å². The third-order valence-corrected chi connectivity index (χ3v) is 2.38. The molecule has 64 valence electrons. The zero-order chi connectivity index (χ0) is 8.43. The number of piperidine rings is 1. The number of hydrogen-bond donors (Lipinski definition) is 2. The standard InChI is InChI=1S/C8H15NO2/c1-5-3-4-7(8(10)11)6(2)9-5/h5-7,9H,3-4H2,1-2H3,(H,10,11). The van der Waals surface area contributed by atoms with Crippen molar-refractivity contribution in [1.82, 2.24) is 5.32 Å². The van der Waals surface area contributed by atoms with E-state index in [-0.39, 0.29) is 12.0 Å². The number of carboxylic acid groups (broad SMARTS) is 1. The van der Waals surface area contributed by atoms with Crippen LogP contribution in [0.4, 0.5) is 0 Å². The minimum absolute atomic E-state index is 0.122. The molecule has 0 aromatic heterocycles. The lowest BCUT2D eigenvalue weighted by Crippen LogP contribution is -2.47. The van der Waals surface area contributed by atoms with E-state index in [1.807, 2.05) is 6.92 Å². The second-order valence-corrected chi connectivity index (χ2v) is 3.38. The zero-order valence-corrected chi connectivity index (χ0v) is 7.00. The summed E-state index contributed by atoms with van der Waals surface area (Å²) in [4.78, 5) is 10.6. The van der Waals surface area contributed by atoms with Crippen LogP contribution in [0.3, 0.4) is 0 Å². The Morgan fingerprint density at radius 2 is 2.09 bits per heavy atom. The van der Waals surface area contributed by atoms with Gasteiger partial charge in [-0.2, -0.15) is 0 Å². The number of hydrogen-bond acceptors (Lipinski definition) is 2. The minimum atomic E-state index is -0.670. The lowest BCUT2D eigenvalue weighted by molar-refractivity contribution is -0.143. The molecule has 1 heterocycles. The molecule has 3 nitrogen and oxygen atoms in total. The van der Waals surface area contributed by atoms with E-state index in [0.717, 1.165) is 12.8 Å². The summed E-state index contributed by atoms with van der Waals surface area (Å²) >= 11 is 0. The molecule has 0 amide bonds. The van der Waals surface area contributed by atoms with Crippen LogP contribution < -0.4 is 5.32 Å². The predicted octanol–water partition coefficient (Wildman–Crippen LogP) is 0.848. The van der Waals surface area contributed by atoms with Crippen molar-refractivity contribution in [3.8, 4) is 0 Å². The molecule has 0 bridgehead atoms. The van der Waals surface area contributed by atoms with Crippen LogP contribution in [0, 0.1) is 5.92 Å². The van der Waals surface area contributed by atoms with Crippen LogP contribution in [0.2, 0.25) is 0 Å². The topological polar surface area (TPSA) is 49.3 Å². The van der Waals surface area contributed by atoms with E-state index in [0.29, 0.717) is 6.04 Å². The molecular weight excluding hydrogens is 142 g/mol. The fourth-order valence-corrected chi connectivity index (χ4v) is 1.67. The average Bonchev–Trinajstić information content (AvgIpc) is 1.85. The second kappa shape index (κ2) is 3.22. The van der Waals surface area contributed by atoms with Crippen LogP contribution in [0.5, 0.6) is 0 Å². The summed E-state index contributed by atoms with van der Waals surface area (Å²) < 4.78 is 0. The largest absolute Gasteiger partial charge is 0.481 e. The maximum atomic E-state index is 10.6. The Morgan fingerprint density at radius 3 is 2.55 bits per heavy atom. The maximum absolute atomic E-state index is 10.6. The first kappa shape index (κ1) is 8.53. The van der Waals surface area contributed by atoms with Gasteiger partial charge in [-0.3, -0.25) is 4.79 Å². The van der Waals surface area contributed by atoms with Crippen molar-refractivity contribution in [3.63, 3.8) is 0 Å². The molecule has 3 heteroatoms. The lowest BCUT2D eigenvalue weighted by Gasteiger charge is -2.31. The van der Waals surface area contributed by atoms with Gasteiger partial charge in [0.2, 0.25) is 0 Å². The van der Waals surface area contributed by atoms with Gasteiger partial charge < -0.3 is 10.4 Å². The molecule has 1 fully saturated rings. The third kappa shape index (κ3) is 1.93. The zero-order valence-electron chi connectivity index (χ0n) is 7.00. The summed E-state index contributed by atoms with van der Waals surface area (Å²) in [7, 11) is 0. The van der Waals surface area contributed by atoms with Crippen LogP contribution >= 0.6 is 0 Å². The Hall–Kier alpha value is -0.570. The number of nitrogens with one attached hydrogen (secondary N) is 1. The van der Waals surface area contributed by atoms with Gasteiger partial charge in [0.25, 0.3) is 0 Å². The molecule has 0 spiro atoms. The number of carbonyl (C=O) groups is 1. The number of aliphatic carboxylic acids is 1. The van der Waals surface area contributed by atoms with Gasteiger partial charge in [-0.15, -0.1) is 0 Å². The Balaban J connectivity index is 2.50. The summed E-state index contributed by atoms with van der Waals surface area (Å²) in [5.74, 6) is -0.858. The van der Waals surface area contributed by atoms with Crippen molar-refractivity contribution in [1.29, 1.82) is 0 Å². The molecule has 0 aliphatic carbocycles. The summed E-state index contributed by atoms with van der Waals surface area (Å²) in [6, 6.07) is 0.594. The number of carboxylic acids is 1. The van der Waals surface area contributed by atoms with Gasteiger partial charge in [-0.25, -0.2) is 0 Å². The third-order valence-electron chi connectivity index (χ3n) is 2.38. The van der Waals surface area contributed by atoms with E-state index in [1.165, 1.54) is 0 Å². The highest BCUT2D eigenvalue weighted by atomic mass is 16.4. The molecule has 0 aromatic carbocycles. The fraction of sp³-hybridized carbons (Fsp3) is 0.875. The Morgan fingerprint density at radius 1 is 1.45 bits per heavy atom. The van der Waals surface area contributed by atoms with Crippen molar-refractivity contribution >= 4 is 5.97 Å². The summed E-state index contributed by atoms with van der Waals surface area (Å²) in [5, 5.41) is 12.0. The molecule has 1 aliphatic heterocycles. The molecule has 1 aliphatic rings. The highest BCUT2D eigenvalue weighted by Crippen LogP contribution is 2.19. The van der Waals surface area contributed by atoms with Crippen molar-refractivity contribution in [2.45, 2.75) is 38.8 Å². The van der Waals surface area contributed by atoms with Gasteiger partial charge in [-0.05, 0) is 26.7 Å². The Bertz CT molecular complexity index is 158. The monoisotopic (exact) mass is 157 g/mol. The summed E-state index contributed by atoms with van der Waals surface area (Å²) in [6.07, 6.45) is 1.78. The van der Waals surface area contributed by atoms with Crippen LogP contribution in [-0.2, 0) is 4.79 Å². The van der Waals surface area contributed by atoms with Crippen molar-refractivity contribution < 1.29 is 9.90 Å². The smallest absolute Gasteiger partial charge is 0.308 e. The molecular formula is C8H15NO2. The minimum Gasteiger partial charge on any atom is -0.481 e. The van der Waals surface area contributed by atoms with E-state index < -0.39 is 5.97 Å². The van der Waals surface area contributed by atoms with Gasteiger partial charge in [-0.1, -0.05) is 0 Å². The first-order valence-corrected chi connectivity index (χ1v) is 4.10. The van der Waals surface area contributed by atoms with Crippen molar-refractivity contribution in [2.24, 2.45) is 5.92 Å². The van der Waals surface area contributed by atoms with E-state index in [2.05, 4.69) is 12.2 Å². The molecule has 2 N–H and O–H groups in total. The SMILES string of the molecule is CC1CCC(C(=O)O)C(C)N1. The van der Waals surface area contributed by atoms with Gasteiger partial charge in [0.15, 0.2) is 0 Å². The normalized spacial score (nSPS) is 38.5. The Kier molecular flexibility index (Phi) is 2.49. The van der Waals surface area contributed by atoms with E-state index in [4.69, 9.17) is 5.11 Å². The Labute approximate surface area is 66.8 Å². The van der Waals surface area contributed by atoms with Gasteiger partial charge in [0.05, 0.1) is 5.92 Å². The van der Waals surface area contributed by atoms with E-state index in [1.54, 1.807) is 0 Å². The first-order valence-electron chi connectivity index (χ1n) is 4.10. The van der Waals surface area contributed by atoms with Crippen LogP contribution in [0.25, 0.3) is 0 Å². The van der Waals surface area contributed by atoms with Crippen LogP contribution in [0.1, 0.15) is 26.7 Å². The average molecular weight is 157 g/mol. The van der Waals surface area contributed by atoms with Gasteiger partial charge in [0, 0.05) is 12.1 Å². The molecule has 11 heavy (non-hydrogen) atoms. The molecule has 0 saturated carbocycles. The lowest BCUT2D eigenvalue weighted by atomic mass is 9.89. The summed E-state index contributed by atoms with van der Waals surface area (Å²) in [5.41, 5.74) is 0. The second-order valence-electron chi connectivity index (χ2n) is 3.38. The summed E-state index contributed by atoms with van der Waals surface area (Å²) in [6.45, 7) is 4.03. The van der Waals surface area contributed by atoms with Crippen LogP contribution in [-0.4, -0.2) is 23.2 Å². The molecule has 3 atom stereocenters. The molecule has 0 aromatic rings. The highest BCUT2D eigenvalue weighted by Gasteiger charge is 2.29. The first-order chi connectivity index (χ1) is 5.11. The fourth-order valence-electron chi connectivity index (χ4n) is 1.67. The van der Waals surface area contributed by atoms with Crippen molar-refractivity contribution in [3.05, 3.63) is 0 Å². The molecule has 1 saturated heterocycles. The van der Waals surface area contributed by atoms with Crippen LogP contribution in [0.15, 0.2) is 0 Å². The molecule has 1 rings (SSSR count).